The van der Waals surface area contributed by atoms with E-state index in [1.165, 1.54) is 11.8 Å². The van der Waals surface area contributed by atoms with Gasteiger partial charge in [-0.25, -0.2) is 15.0 Å². The first-order chi connectivity index (χ1) is 18.2. The Labute approximate surface area is 229 Å². The van der Waals surface area contributed by atoms with E-state index >= 15 is 0 Å². The molecule has 3 aromatic rings. The van der Waals surface area contributed by atoms with Gasteiger partial charge in [0.25, 0.3) is 0 Å². The number of anilines is 1. The Morgan fingerprint density at radius 2 is 2.00 bits per heavy atom. The smallest absolute Gasteiger partial charge is 0.248 e. The maximum atomic E-state index is 12.5. The van der Waals surface area contributed by atoms with Crippen LogP contribution < -0.4 is 5.32 Å². The quantitative estimate of drug-likeness (QED) is 0.357. The molecule has 0 spiro atoms. The molecule has 0 aromatic carbocycles. The number of fused-ring (bicyclic) bond motifs is 2. The molecule has 12 heteroatoms. The van der Waals surface area contributed by atoms with E-state index in [4.69, 9.17) is 29.2 Å². The number of carbonyl (C=O) groups is 1. The topological polar surface area (TPSA) is 112 Å². The highest BCUT2D eigenvalue weighted by Gasteiger charge is 2.54. The van der Waals surface area contributed by atoms with Crippen molar-refractivity contribution < 1.29 is 19.0 Å². The number of morpholine rings is 1. The standard InChI is InChI=1S/C26H32N6O4S2/c1-13-19(24-30-20-14(2)27-7-6-17(20)38-24)23(31-25(28-13)37-5)29-16-10-15(11-32-8-9-34-12-18(32)33)21-22(16)36-26(3,4)35-21/h6-7,15-16,21-22H,8-12H2,1-5H3,(H,28,29,31). The molecule has 1 saturated carbocycles. The second-order valence-electron chi connectivity index (χ2n) is 10.5. The van der Waals surface area contributed by atoms with Gasteiger partial charge >= 0.3 is 0 Å². The van der Waals surface area contributed by atoms with E-state index in [-0.39, 0.29) is 36.7 Å². The number of pyridine rings is 1. The molecule has 2 aliphatic heterocycles. The van der Waals surface area contributed by atoms with Crippen molar-refractivity contribution in [3.8, 4) is 10.6 Å². The molecule has 5 heterocycles. The highest BCUT2D eigenvalue weighted by molar-refractivity contribution is 7.98. The van der Waals surface area contributed by atoms with Crippen LogP contribution in [0.2, 0.25) is 0 Å². The fourth-order valence-electron chi connectivity index (χ4n) is 5.70. The predicted octanol–water partition coefficient (Wildman–Crippen LogP) is 3.67. The zero-order valence-corrected chi connectivity index (χ0v) is 23.8. The average Bonchev–Trinajstić information content (AvgIpc) is 3.53. The Hall–Kier alpha value is -2.38. The van der Waals surface area contributed by atoms with Crippen LogP contribution in [0.1, 0.15) is 31.7 Å². The number of hydrogen-bond acceptors (Lipinski definition) is 11. The average molecular weight is 557 g/mol. The van der Waals surface area contributed by atoms with Crippen LogP contribution in [0.25, 0.3) is 20.8 Å². The molecule has 1 N–H and O–H groups in total. The van der Waals surface area contributed by atoms with Gasteiger partial charge < -0.3 is 24.4 Å². The van der Waals surface area contributed by atoms with Gasteiger partial charge in [0.15, 0.2) is 10.9 Å². The van der Waals surface area contributed by atoms with Crippen molar-refractivity contribution in [2.75, 3.05) is 37.9 Å². The fraction of sp³-hybridized carbons (Fsp3) is 0.577. The number of hydrogen-bond donors (Lipinski definition) is 1. The molecule has 202 valence electrons. The highest BCUT2D eigenvalue weighted by atomic mass is 32.2. The minimum atomic E-state index is -0.699. The molecule has 10 nitrogen and oxygen atoms in total. The summed E-state index contributed by atoms with van der Waals surface area (Å²) < 4.78 is 19.2. The Balaban J connectivity index is 1.34. The number of nitrogens with zero attached hydrogens (tertiary/aromatic N) is 5. The third-order valence-corrected chi connectivity index (χ3v) is 8.98. The minimum Gasteiger partial charge on any atom is -0.370 e. The molecule has 3 fully saturated rings. The summed E-state index contributed by atoms with van der Waals surface area (Å²) in [6.07, 6.45) is 4.28. The molecule has 3 aromatic heterocycles. The van der Waals surface area contributed by atoms with Gasteiger partial charge in [-0.2, -0.15) is 0 Å². The third-order valence-electron chi connectivity index (χ3n) is 7.40. The molecule has 6 rings (SSSR count). The molecule has 4 atom stereocenters. The number of rotatable bonds is 6. The van der Waals surface area contributed by atoms with Crippen LogP contribution in [0, 0.1) is 19.8 Å². The van der Waals surface area contributed by atoms with Gasteiger partial charge in [-0.05, 0) is 46.4 Å². The molecule has 0 radical (unpaired) electrons. The molecule has 1 aliphatic carbocycles. The van der Waals surface area contributed by atoms with Crippen LogP contribution in [0.5, 0.6) is 0 Å². The summed E-state index contributed by atoms with van der Waals surface area (Å²) in [4.78, 5) is 33.3. The first-order valence-electron chi connectivity index (χ1n) is 12.9. The first kappa shape index (κ1) is 25.9. The van der Waals surface area contributed by atoms with Crippen LogP contribution in [0.3, 0.4) is 0 Å². The number of amides is 1. The number of thioether (sulfide) groups is 1. The minimum absolute atomic E-state index is 0.0290. The molecule has 0 bridgehead atoms. The van der Waals surface area contributed by atoms with Gasteiger partial charge in [-0.1, -0.05) is 11.8 Å². The van der Waals surface area contributed by atoms with Gasteiger partial charge in [-0.3, -0.25) is 9.78 Å². The van der Waals surface area contributed by atoms with Gasteiger partial charge in [0.1, 0.15) is 29.1 Å². The van der Waals surface area contributed by atoms with Gasteiger partial charge in [0.05, 0.1) is 40.4 Å². The Bertz CT molecular complexity index is 1380. The normalized spacial score (nSPS) is 26.8. The lowest BCUT2D eigenvalue weighted by atomic mass is 10.0. The maximum absolute atomic E-state index is 12.5. The summed E-state index contributed by atoms with van der Waals surface area (Å²) >= 11 is 3.13. The third kappa shape index (κ3) is 4.77. The van der Waals surface area contributed by atoms with E-state index in [0.717, 1.165) is 44.4 Å². The number of carbonyl (C=O) groups excluding carboxylic acids is 1. The highest BCUT2D eigenvalue weighted by Crippen LogP contribution is 2.44. The number of ether oxygens (including phenoxy) is 3. The summed E-state index contributed by atoms with van der Waals surface area (Å²) in [5.74, 6) is 0.201. The predicted molar refractivity (Wildman–Crippen MR) is 146 cm³/mol. The first-order valence-corrected chi connectivity index (χ1v) is 14.9. The summed E-state index contributed by atoms with van der Waals surface area (Å²) in [6.45, 7) is 9.80. The van der Waals surface area contributed by atoms with Crippen LogP contribution in [0.4, 0.5) is 5.82 Å². The number of nitrogens with one attached hydrogen (secondary N) is 1. The van der Waals surface area contributed by atoms with Crippen molar-refractivity contribution in [1.82, 2.24) is 24.8 Å². The van der Waals surface area contributed by atoms with Crippen LogP contribution >= 0.6 is 23.1 Å². The van der Waals surface area contributed by atoms with E-state index in [1.54, 1.807) is 11.3 Å². The van der Waals surface area contributed by atoms with E-state index in [1.807, 2.05) is 51.1 Å². The van der Waals surface area contributed by atoms with Gasteiger partial charge in [-0.15, -0.1) is 11.3 Å². The SMILES string of the molecule is CSc1nc(C)c(-c2nc3c(C)nccc3s2)c(NC2CC(CN3CCOCC3=O)C3OC(C)(C)OC23)n1. The molecular weight excluding hydrogens is 524 g/mol. The van der Waals surface area contributed by atoms with Crippen molar-refractivity contribution in [2.45, 2.75) is 63.3 Å². The lowest BCUT2D eigenvalue weighted by Gasteiger charge is -2.31. The maximum Gasteiger partial charge on any atom is 0.248 e. The second kappa shape index (κ2) is 9.98. The van der Waals surface area contributed by atoms with Crippen molar-refractivity contribution in [3.63, 3.8) is 0 Å². The summed E-state index contributed by atoms with van der Waals surface area (Å²) in [6, 6.07) is 1.94. The number of aryl methyl sites for hydroxylation is 2. The zero-order chi connectivity index (χ0) is 26.6. The largest absolute Gasteiger partial charge is 0.370 e. The van der Waals surface area contributed by atoms with E-state index < -0.39 is 5.79 Å². The molecule has 2 saturated heterocycles. The van der Waals surface area contributed by atoms with Crippen molar-refractivity contribution in [1.29, 1.82) is 0 Å². The van der Waals surface area contributed by atoms with Crippen LogP contribution in [0.15, 0.2) is 17.4 Å². The van der Waals surface area contributed by atoms with Crippen LogP contribution in [-0.4, -0.2) is 87.3 Å². The van der Waals surface area contributed by atoms with E-state index in [9.17, 15) is 4.79 Å². The monoisotopic (exact) mass is 556 g/mol. The Kier molecular flexibility index (Phi) is 6.79. The zero-order valence-electron chi connectivity index (χ0n) is 22.2. The van der Waals surface area contributed by atoms with Crippen molar-refractivity contribution in [3.05, 3.63) is 23.7 Å². The van der Waals surface area contributed by atoms with E-state index in [2.05, 4.69) is 10.3 Å². The van der Waals surface area contributed by atoms with E-state index in [0.29, 0.717) is 24.9 Å². The molecule has 3 aliphatic rings. The van der Waals surface area contributed by atoms with Gasteiger partial charge in [0, 0.05) is 25.2 Å². The molecule has 4 unspecified atom stereocenters. The Morgan fingerprint density at radius 3 is 2.76 bits per heavy atom. The lowest BCUT2D eigenvalue weighted by Crippen LogP contribution is -2.45. The lowest BCUT2D eigenvalue weighted by molar-refractivity contribution is -0.159. The number of aromatic nitrogens is 4. The van der Waals surface area contributed by atoms with Crippen molar-refractivity contribution >= 4 is 45.0 Å². The number of thiazole rings is 1. The van der Waals surface area contributed by atoms with Crippen molar-refractivity contribution in [2.24, 2.45) is 5.92 Å². The van der Waals surface area contributed by atoms with Crippen LogP contribution in [-0.2, 0) is 19.0 Å². The molecule has 1 amide bonds. The molecule has 38 heavy (non-hydrogen) atoms. The molecular formula is C26H32N6O4S2. The van der Waals surface area contributed by atoms with Gasteiger partial charge in [0.2, 0.25) is 5.91 Å². The summed E-state index contributed by atoms with van der Waals surface area (Å²) in [7, 11) is 0. The Morgan fingerprint density at radius 1 is 1.18 bits per heavy atom. The fourth-order valence-corrected chi connectivity index (χ4v) is 7.22. The summed E-state index contributed by atoms with van der Waals surface area (Å²) in [5, 5.41) is 5.28. The summed E-state index contributed by atoms with van der Waals surface area (Å²) in [5.41, 5.74) is 3.56. The second-order valence-corrected chi connectivity index (χ2v) is 12.3.